The lowest BCUT2D eigenvalue weighted by Gasteiger charge is -2.48. The summed E-state index contributed by atoms with van der Waals surface area (Å²) in [4.78, 5) is 2.43. The maximum Gasteiger partial charge on any atom is 0.118 e. The van der Waals surface area contributed by atoms with Crippen molar-refractivity contribution < 1.29 is 9.84 Å². The molecule has 3 nitrogen and oxygen atoms in total. The maximum absolute atomic E-state index is 11.5. The van der Waals surface area contributed by atoms with Crippen LogP contribution in [0.3, 0.4) is 0 Å². The SMILES string of the molecule is COc1ccc(CN2C[C@@H](C)C(O)(c3cccc(Br)c3)[C@@H](C)C2)cc1. The second-order valence-electron chi connectivity index (χ2n) is 7.18. The summed E-state index contributed by atoms with van der Waals surface area (Å²) in [5.74, 6) is 1.20. The minimum absolute atomic E-state index is 0.156. The molecule has 0 bridgehead atoms. The summed E-state index contributed by atoms with van der Waals surface area (Å²) < 4.78 is 6.24. The number of likely N-dealkylation sites (tertiary alicyclic amines) is 1. The molecule has 0 radical (unpaired) electrons. The molecular formula is C21H26BrNO2. The number of benzene rings is 2. The Hall–Kier alpha value is -1.36. The fourth-order valence-corrected chi connectivity index (χ4v) is 4.44. The molecule has 1 fully saturated rings. The van der Waals surface area contributed by atoms with Crippen molar-refractivity contribution >= 4 is 15.9 Å². The summed E-state index contributed by atoms with van der Waals surface area (Å²) in [6.45, 7) is 6.95. The number of aliphatic hydroxyl groups is 1. The zero-order valence-corrected chi connectivity index (χ0v) is 16.7. The Morgan fingerprint density at radius 3 is 2.32 bits per heavy atom. The number of nitrogens with zero attached hydrogens (tertiary/aromatic N) is 1. The molecule has 0 amide bonds. The minimum Gasteiger partial charge on any atom is -0.497 e. The first kappa shape index (κ1) is 18.4. The Bertz CT molecular complexity index is 704. The summed E-state index contributed by atoms with van der Waals surface area (Å²) >= 11 is 3.53. The average Bonchev–Trinajstić information content (AvgIpc) is 2.60. The van der Waals surface area contributed by atoms with Crippen LogP contribution in [0.2, 0.25) is 0 Å². The highest BCUT2D eigenvalue weighted by molar-refractivity contribution is 9.10. The van der Waals surface area contributed by atoms with Crippen LogP contribution in [0.1, 0.15) is 25.0 Å². The van der Waals surface area contributed by atoms with Crippen LogP contribution < -0.4 is 4.74 Å². The molecule has 2 aromatic rings. The van der Waals surface area contributed by atoms with Crippen molar-refractivity contribution in [2.75, 3.05) is 20.2 Å². The number of methoxy groups -OCH3 is 1. The molecule has 3 rings (SSSR count). The Balaban J connectivity index is 1.75. The van der Waals surface area contributed by atoms with Gasteiger partial charge in [-0.3, -0.25) is 4.90 Å². The molecule has 1 saturated heterocycles. The second kappa shape index (κ2) is 7.48. The first-order valence-electron chi connectivity index (χ1n) is 8.77. The molecule has 0 aromatic heterocycles. The Morgan fingerprint density at radius 1 is 1.12 bits per heavy atom. The van der Waals surface area contributed by atoms with E-state index in [-0.39, 0.29) is 11.8 Å². The third-order valence-electron chi connectivity index (χ3n) is 5.42. The highest BCUT2D eigenvalue weighted by Gasteiger charge is 2.45. The number of ether oxygens (including phenoxy) is 1. The molecule has 0 aliphatic carbocycles. The van der Waals surface area contributed by atoms with Gasteiger partial charge in [0.2, 0.25) is 0 Å². The largest absolute Gasteiger partial charge is 0.497 e. The van der Waals surface area contributed by atoms with Crippen LogP contribution in [0.25, 0.3) is 0 Å². The van der Waals surface area contributed by atoms with Crippen molar-refractivity contribution in [1.82, 2.24) is 4.90 Å². The fourth-order valence-electron chi connectivity index (χ4n) is 4.04. The highest BCUT2D eigenvalue weighted by atomic mass is 79.9. The zero-order valence-electron chi connectivity index (χ0n) is 15.1. The number of rotatable bonds is 4. The molecule has 3 atom stereocenters. The van der Waals surface area contributed by atoms with E-state index in [9.17, 15) is 5.11 Å². The molecule has 0 saturated carbocycles. The van der Waals surface area contributed by atoms with Gasteiger partial charge in [0.05, 0.1) is 12.7 Å². The summed E-state index contributed by atoms with van der Waals surface area (Å²) in [7, 11) is 1.69. The summed E-state index contributed by atoms with van der Waals surface area (Å²) in [6.07, 6.45) is 0. The van der Waals surface area contributed by atoms with E-state index < -0.39 is 5.60 Å². The standard InChI is InChI=1S/C21H26BrNO2/c1-15-12-23(14-17-7-9-20(25-3)10-8-17)13-16(2)21(15,24)18-5-4-6-19(22)11-18/h4-11,15-16,24H,12-14H2,1-3H3/t15-,16+,21?. The minimum atomic E-state index is -0.791. The molecule has 1 heterocycles. The molecule has 1 aliphatic rings. The third kappa shape index (κ3) is 3.76. The summed E-state index contributed by atoms with van der Waals surface area (Å²) in [6, 6.07) is 16.3. The molecule has 1 N–H and O–H groups in total. The van der Waals surface area contributed by atoms with Crippen LogP contribution in [0.15, 0.2) is 53.0 Å². The van der Waals surface area contributed by atoms with E-state index in [2.05, 4.69) is 46.8 Å². The molecule has 134 valence electrons. The first-order valence-corrected chi connectivity index (χ1v) is 9.56. The lowest BCUT2D eigenvalue weighted by Crippen LogP contribution is -2.54. The Labute approximate surface area is 158 Å². The summed E-state index contributed by atoms with van der Waals surface area (Å²) in [5.41, 5.74) is 1.49. The van der Waals surface area contributed by atoms with Gasteiger partial charge in [0.15, 0.2) is 0 Å². The van der Waals surface area contributed by atoms with E-state index in [1.807, 2.05) is 36.4 Å². The number of halogens is 1. The lowest BCUT2D eigenvalue weighted by molar-refractivity contribution is -0.114. The van der Waals surface area contributed by atoms with Crippen molar-refractivity contribution in [3.05, 3.63) is 64.1 Å². The van der Waals surface area contributed by atoms with Crippen molar-refractivity contribution in [1.29, 1.82) is 0 Å². The van der Waals surface area contributed by atoms with Gasteiger partial charge in [0.1, 0.15) is 5.75 Å². The van der Waals surface area contributed by atoms with Gasteiger partial charge in [0, 0.05) is 35.9 Å². The lowest BCUT2D eigenvalue weighted by atomic mass is 9.71. The molecule has 25 heavy (non-hydrogen) atoms. The molecule has 2 aromatic carbocycles. The molecule has 4 heteroatoms. The molecular weight excluding hydrogens is 378 g/mol. The van der Waals surface area contributed by atoms with Crippen molar-refractivity contribution in [2.24, 2.45) is 11.8 Å². The Kier molecular flexibility index (Phi) is 5.52. The second-order valence-corrected chi connectivity index (χ2v) is 8.10. The highest BCUT2D eigenvalue weighted by Crippen LogP contribution is 2.42. The van der Waals surface area contributed by atoms with Gasteiger partial charge >= 0.3 is 0 Å². The zero-order chi connectivity index (χ0) is 18.0. The third-order valence-corrected chi connectivity index (χ3v) is 5.91. The molecule has 0 spiro atoms. The first-order chi connectivity index (χ1) is 11.9. The van der Waals surface area contributed by atoms with E-state index in [0.29, 0.717) is 0 Å². The van der Waals surface area contributed by atoms with Crippen LogP contribution in [-0.4, -0.2) is 30.2 Å². The Morgan fingerprint density at radius 2 is 1.76 bits per heavy atom. The average molecular weight is 404 g/mol. The van der Waals surface area contributed by atoms with Gasteiger partial charge < -0.3 is 9.84 Å². The van der Waals surface area contributed by atoms with Crippen molar-refractivity contribution in [3.63, 3.8) is 0 Å². The predicted molar refractivity (Wildman–Crippen MR) is 105 cm³/mol. The van der Waals surface area contributed by atoms with Gasteiger partial charge in [0.25, 0.3) is 0 Å². The normalized spacial score (nSPS) is 27.2. The van der Waals surface area contributed by atoms with Gasteiger partial charge in [-0.2, -0.15) is 0 Å². The number of hydrogen-bond acceptors (Lipinski definition) is 3. The van der Waals surface area contributed by atoms with Crippen LogP contribution in [0.5, 0.6) is 5.75 Å². The monoisotopic (exact) mass is 403 g/mol. The fraction of sp³-hybridized carbons (Fsp3) is 0.429. The van der Waals surface area contributed by atoms with E-state index in [4.69, 9.17) is 4.74 Å². The van der Waals surface area contributed by atoms with E-state index in [0.717, 1.165) is 35.4 Å². The number of piperidine rings is 1. The molecule has 1 unspecified atom stereocenters. The van der Waals surface area contributed by atoms with Gasteiger partial charge in [-0.1, -0.05) is 54.0 Å². The van der Waals surface area contributed by atoms with Crippen molar-refractivity contribution in [2.45, 2.75) is 26.0 Å². The van der Waals surface area contributed by atoms with Crippen LogP contribution >= 0.6 is 15.9 Å². The predicted octanol–water partition coefficient (Wildman–Crippen LogP) is 4.43. The van der Waals surface area contributed by atoms with Crippen LogP contribution in [-0.2, 0) is 12.1 Å². The van der Waals surface area contributed by atoms with Crippen LogP contribution in [0, 0.1) is 11.8 Å². The van der Waals surface area contributed by atoms with Gasteiger partial charge in [-0.15, -0.1) is 0 Å². The van der Waals surface area contributed by atoms with E-state index >= 15 is 0 Å². The van der Waals surface area contributed by atoms with Crippen molar-refractivity contribution in [3.8, 4) is 5.75 Å². The number of hydrogen-bond donors (Lipinski definition) is 1. The van der Waals surface area contributed by atoms with Gasteiger partial charge in [-0.25, -0.2) is 0 Å². The smallest absolute Gasteiger partial charge is 0.118 e. The molecule has 1 aliphatic heterocycles. The van der Waals surface area contributed by atoms with E-state index in [1.165, 1.54) is 5.56 Å². The van der Waals surface area contributed by atoms with Crippen LogP contribution in [0.4, 0.5) is 0 Å². The topological polar surface area (TPSA) is 32.7 Å². The quantitative estimate of drug-likeness (QED) is 0.818. The maximum atomic E-state index is 11.5. The van der Waals surface area contributed by atoms with Gasteiger partial charge in [-0.05, 0) is 35.4 Å². The summed E-state index contributed by atoms with van der Waals surface area (Å²) in [5, 5.41) is 11.5. The van der Waals surface area contributed by atoms with E-state index in [1.54, 1.807) is 7.11 Å².